The van der Waals surface area contributed by atoms with Crippen LogP contribution in [-0.4, -0.2) is 31.0 Å². The fraction of sp³-hybridized carbons (Fsp3) is 0.714. The van der Waals surface area contributed by atoms with Gasteiger partial charge in [0.15, 0.2) is 0 Å². The van der Waals surface area contributed by atoms with Crippen molar-refractivity contribution in [2.24, 2.45) is 0 Å². The quantitative estimate of drug-likeness (QED) is 0.506. The molecule has 70 valence electrons. The van der Waals surface area contributed by atoms with E-state index in [-0.39, 0.29) is 5.21 Å². The molecule has 1 heterocycles. The Morgan fingerprint density at radius 1 is 1.42 bits per heavy atom. The van der Waals surface area contributed by atoms with Crippen LogP contribution in [0.1, 0.15) is 12.8 Å². The average Bonchev–Trinajstić information content (AvgIpc) is 2.05. The maximum absolute atomic E-state index is 11.2. The highest BCUT2D eigenvalue weighted by Gasteiger charge is 2.23. The van der Waals surface area contributed by atoms with E-state index in [0.29, 0.717) is 13.1 Å². The first kappa shape index (κ1) is 10.0. The van der Waals surface area contributed by atoms with Crippen LogP contribution in [0.15, 0.2) is 12.2 Å². The Morgan fingerprint density at radius 3 is 2.33 bits per heavy atom. The van der Waals surface area contributed by atoms with Gasteiger partial charge in [-0.15, -0.1) is 11.6 Å². The maximum atomic E-state index is 11.2. The number of sulfonamides is 1. The van der Waals surface area contributed by atoms with E-state index < -0.39 is 10.0 Å². The van der Waals surface area contributed by atoms with Crippen molar-refractivity contribution < 1.29 is 8.42 Å². The van der Waals surface area contributed by atoms with E-state index in [1.165, 1.54) is 4.31 Å². The van der Waals surface area contributed by atoms with Gasteiger partial charge in [0.2, 0.25) is 10.0 Å². The van der Waals surface area contributed by atoms with Gasteiger partial charge in [0.25, 0.3) is 0 Å². The van der Waals surface area contributed by atoms with Crippen molar-refractivity contribution in [3.63, 3.8) is 0 Å². The highest BCUT2D eigenvalue weighted by molar-refractivity contribution is 7.90. The molecule has 0 aliphatic carbocycles. The molecule has 0 amide bonds. The first-order valence-corrected chi connectivity index (χ1v) is 5.91. The summed E-state index contributed by atoms with van der Waals surface area (Å²) in [5.41, 5.74) is 1.12. The average molecular weight is 210 g/mol. The number of hydrogen-bond donors (Lipinski definition) is 0. The Balaban J connectivity index is 2.62. The molecular weight excluding hydrogens is 198 g/mol. The Hall–Kier alpha value is -0.0600. The Labute approximate surface area is 78.1 Å². The van der Waals surface area contributed by atoms with Crippen LogP contribution in [0.2, 0.25) is 0 Å². The first-order chi connectivity index (χ1) is 5.56. The van der Waals surface area contributed by atoms with Gasteiger partial charge in [-0.1, -0.05) is 12.2 Å². The Morgan fingerprint density at radius 2 is 1.92 bits per heavy atom. The van der Waals surface area contributed by atoms with Crippen LogP contribution < -0.4 is 0 Å². The fourth-order valence-electron chi connectivity index (χ4n) is 1.15. The van der Waals surface area contributed by atoms with E-state index in [2.05, 4.69) is 6.58 Å². The summed E-state index contributed by atoms with van der Waals surface area (Å²) in [6, 6.07) is 0. The summed E-state index contributed by atoms with van der Waals surface area (Å²) in [7, 11) is -3.19. The lowest BCUT2D eigenvalue weighted by Crippen LogP contribution is -2.36. The molecule has 0 unspecified atom stereocenters. The van der Waals surface area contributed by atoms with E-state index in [4.69, 9.17) is 11.6 Å². The molecule has 0 radical (unpaired) electrons. The fourth-order valence-corrected chi connectivity index (χ4v) is 2.44. The first-order valence-electron chi connectivity index (χ1n) is 3.76. The number of alkyl halides is 1. The molecule has 0 aromatic rings. The SMILES string of the molecule is C=C1CCN(S(=O)(=O)CCl)CC1. The monoisotopic (exact) mass is 209 g/mol. The van der Waals surface area contributed by atoms with Gasteiger partial charge in [0.05, 0.1) is 0 Å². The zero-order valence-electron chi connectivity index (χ0n) is 6.79. The van der Waals surface area contributed by atoms with E-state index in [9.17, 15) is 8.42 Å². The molecule has 1 aliphatic rings. The third-order valence-electron chi connectivity index (χ3n) is 1.96. The minimum atomic E-state index is -3.19. The van der Waals surface area contributed by atoms with Gasteiger partial charge in [-0.05, 0) is 12.8 Å². The summed E-state index contributed by atoms with van der Waals surface area (Å²) in [6.45, 7) is 4.87. The lowest BCUT2D eigenvalue weighted by Gasteiger charge is -2.26. The molecule has 3 nitrogen and oxygen atoms in total. The molecule has 0 atom stereocenters. The number of rotatable bonds is 2. The molecule has 0 saturated carbocycles. The Kier molecular flexibility index (Phi) is 3.15. The van der Waals surface area contributed by atoms with Crippen LogP contribution in [0.5, 0.6) is 0 Å². The van der Waals surface area contributed by atoms with Crippen LogP contribution in [0, 0.1) is 0 Å². The third-order valence-corrected chi connectivity index (χ3v) is 4.22. The molecule has 1 fully saturated rings. The van der Waals surface area contributed by atoms with Crippen LogP contribution in [-0.2, 0) is 10.0 Å². The predicted molar refractivity (Wildman–Crippen MR) is 49.6 cm³/mol. The standard InChI is InChI=1S/C7H12ClNO2S/c1-7-2-4-9(5-3-7)12(10,11)6-8/h1-6H2. The van der Waals surface area contributed by atoms with Crippen molar-refractivity contribution >= 4 is 21.6 Å². The van der Waals surface area contributed by atoms with Gasteiger partial charge in [-0.3, -0.25) is 0 Å². The van der Waals surface area contributed by atoms with Crippen molar-refractivity contribution in [1.82, 2.24) is 4.31 Å². The lowest BCUT2D eigenvalue weighted by atomic mass is 10.1. The van der Waals surface area contributed by atoms with Crippen molar-refractivity contribution in [2.45, 2.75) is 12.8 Å². The summed E-state index contributed by atoms with van der Waals surface area (Å²) >= 11 is 5.31. The lowest BCUT2D eigenvalue weighted by molar-refractivity contribution is 0.390. The molecule has 0 aromatic heterocycles. The molecule has 0 aromatic carbocycles. The predicted octanol–water partition coefficient (Wildman–Crippen LogP) is 1.16. The van der Waals surface area contributed by atoms with Crippen molar-refractivity contribution in [3.05, 3.63) is 12.2 Å². The van der Waals surface area contributed by atoms with Crippen LogP contribution in [0.4, 0.5) is 0 Å². The second kappa shape index (κ2) is 3.77. The summed E-state index contributed by atoms with van der Waals surface area (Å²) in [5, 5.41) is -0.320. The van der Waals surface area contributed by atoms with Gasteiger partial charge in [-0.2, -0.15) is 0 Å². The van der Waals surface area contributed by atoms with Gasteiger partial charge < -0.3 is 0 Å². The Bertz CT molecular complexity index is 263. The van der Waals surface area contributed by atoms with Gasteiger partial charge in [-0.25, -0.2) is 12.7 Å². The number of nitrogens with zero attached hydrogens (tertiary/aromatic N) is 1. The molecule has 0 N–H and O–H groups in total. The summed E-state index contributed by atoms with van der Waals surface area (Å²) in [4.78, 5) is 0. The van der Waals surface area contributed by atoms with Crippen molar-refractivity contribution in [1.29, 1.82) is 0 Å². The van der Waals surface area contributed by atoms with Gasteiger partial charge in [0.1, 0.15) is 5.21 Å². The van der Waals surface area contributed by atoms with Gasteiger partial charge in [0, 0.05) is 13.1 Å². The number of halogens is 1. The topological polar surface area (TPSA) is 37.4 Å². The van der Waals surface area contributed by atoms with Crippen molar-refractivity contribution in [2.75, 3.05) is 18.3 Å². The van der Waals surface area contributed by atoms with Crippen LogP contribution >= 0.6 is 11.6 Å². The normalized spacial score (nSPS) is 21.2. The zero-order chi connectivity index (χ0) is 9.19. The minimum absolute atomic E-state index is 0.320. The summed E-state index contributed by atoms with van der Waals surface area (Å²) < 4.78 is 23.9. The van der Waals surface area contributed by atoms with Crippen LogP contribution in [0.3, 0.4) is 0 Å². The van der Waals surface area contributed by atoms with E-state index in [0.717, 1.165) is 18.4 Å². The second-order valence-corrected chi connectivity index (χ2v) is 5.42. The largest absolute Gasteiger partial charge is 0.228 e. The molecule has 1 aliphatic heterocycles. The summed E-state index contributed by atoms with van der Waals surface area (Å²) in [6.07, 6.45) is 1.52. The summed E-state index contributed by atoms with van der Waals surface area (Å²) in [5.74, 6) is 0. The van der Waals surface area contributed by atoms with E-state index in [1.807, 2.05) is 0 Å². The molecule has 0 bridgehead atoms. The number of hydrogen-bond acceptors (Lipinski definition) is 2. The molecule has 0 spiro atoms. The molecule has 5 heteroatoms. The third kappa shape index (κ3) is 2.21. The molecule has 1 rings (SSSR count). The van der Waals surface area contributed by atoms with E-state index >= 15 is 0 Å². The smallest absolute Gasteiger partial charge is 0.211 e. The van der Waals surface area contributed by atoms with Crippen LogP contribution in [0.25, 0.3) is 0 Å². The molecule has 1 saturated heterocycles. The number of piperidine rings is 1. The van der Waals surface area contributed by atoms with Crippen molar-refractivity contribution in [3.8, 4) is 0 Å². The van der Waals surface area contributed by atoms with Gasteiger partial charge >= 0.3 is 0 Å². The maximum Gasteiger partial charge on any atom is 0.228 e. The van der Waals surface area contributed by atoms with E-state index in [1.54, 1.807) is 0 Å². The zero-order valence-corrected chi connectivity index (χ0v) is 8.36. The minimum Gasteiger partial charge on any atom is -0.211 e. The molecular formula is C7H12ClNO2S. The highest BCUT2D eigenvalue weighted by atomic mass is 35.5. The highest BCUT2D eigenvalue weighted by Crippen LogP contribution is 2.17. The second-order valence-electron chi connectivity index (χ2n) is 2.87. The molecule has 12 heavy (non-hydrogen) atoms.